The molecule has 3 nitrogen and oxygen atoms in total. The zero-order valence-electron chi connectivity index (χ0n) is 10.6. The minimum atomic E-state index is -2.49. The maximum Gasteiger partial charge on any atom is 0.261 e. The number of amides is 1. The molecule has 1 aromatic carbocycles. The number of halogens is 3. The van der Waals surface area contributed by atoms with E-state index in [1.165, 1.54) is 0 Å². The Bertz CT molecular complexity index is 415. The van der Waals surface area contributed by atoms with Crippen LogP contribution in [0.3, 0.4) is 0 Å². The second kappa shape index (κ2) is 8.22. The van der Waals surface area contributed by atoms with Gasteiger partial charge in [0.25, 0.3) is 6.43 Å². The number of carbonyl (C=O) groups is 1. The molecule has 0 aliphatic rings. The van der Waals surface area contributed by atoms with E-state index < -0.39 is 13.0 Å². The summed E-state index contributed by atoms with van der Waals surface area (Å²) in [4.78, 5) is 13.3. The van der Waals surface area contributed by atoms with E-state index >= 15 is 0 Å². The van der Waals surface area contributed by atoms with E-state index in [0.29, 0.717) is 6.54 Å². The summed E-state index contributed by atoms with van der Waals surface area (Å²) >= 11 is 3.41. The van der Waals surface area contributed by atoms with Gasteiger partial charge in [0.15, 0.2) is 0 Å². The first-order chi connectivity index (χ1) is 9.00. The van der Waals surface area contributed by atoms with Gasteiger partial charge in [0, 0.05) is 18.1 Å². The summed E-state index contributed by atoms with van der Waals surface area (Å²) < 4.78 is 29.3. The third-order valence-electron chi connectivity index (χ3n) is 2.50. The van der Waals surface area contributed by atoms with Crippen molar-refractivity contribution in [2.45, 2.75) is 19.4 Å². The van der Waals surface area contributed by atoms with Crippen LogP contribution in [0.5, 0.6) is 0 Å². The van der Waals surface area contributed by atoms with Crippen molar-refractivity contribution in [3.63, 3.8) is 0 Å². The maximum atomic E-state index is 11.8. The Kier molecular flexibility index (Phi) is 6.94. The summed E-state index contributed by atoms with van der Waals surface area (Å²) in [6, 6.07) is 7.61. The molecule has 1 amide bonds. The molecule has 19 heavy (non-hydrogen) atoms. The number of nitrogens with zero attached hydrogens (tertiary/aromatic N) is 1. The summed E-state index contributed by atoms with van der Waals surface area (Å²) in [5.74, 6) is -0.134. The van der Waals surface area contributed by atoms with Crippen molar-refractivity contribution in [2.24, 2.45) is 0 Å². The van der Waals surface area contributed by atoms with Crippen LogP contribution in [0.15, 0.2) is 28.7 Å². The number of alkyl halides is 2. The van der Waals surface area contributed by atoms with Gasteiger partial charge in [-0.05, 0) is 11.6 Å². The first kappa shape index (κ1) is 16.0. The fourth-order valence-corrected chi connectivity index (χ4v) is 1.90. The van der Waals surface area contributed by atoms with E-state index in [2.05, 4.69) is 20.7 Å². The van der Waals surface area contributed by atoms with Crippen LogP contribution in [0.25, 0.3) is 0 Å². The van der Waals surface area contributed by atoms with E-state index in [1.54, 1.807) is 11.9 Å². The normalized spacial score (nSPS) is 10.8. The van der Waals surface area contributed by atoms with Crippen molar-refractivity contribution in [2.75, 3.05) is 20.3 Å². The van der Waals surface area contributed by atoms with Crippen molar-refractivity contribution in [3.8, 4) is 0 Å². The Morgan fingerprint density at radius 1 is 1.42 bits per heavy atom. The van der Waals surface area contributed by atoms with Gasteiger partial charge in [0.05, 0.1) is 13.0 Å². The van der Waals surface area contributed by atoms with Crippen molar-refractivity contribution in [1.29, 1.82) is 0 Å². The Morgan fingerprint density at radius 3 is 2.74 bits per heavy atom. The number of benzene rings is 1. The Hall–Kier alpha value is -1.01. The van der Waals surface area contributed by atoms with E-state index in [0.717, 1.165) is 10.0 Å². The summed E-state index contributed by atoms with van der Waals surface area (Å²) in [5.41, 5.74) is 0.992. The van der Waals surface area contributed by atoms with Gasteiger partial charge in [-0.15, -0.1) is 0 Å². The van der Waals surface area contributed by atoms with E-state index in [9.17, 15) is 13.6 Å². The van der Waals surface area contributed by atoms with Gasteiger partial charge in [-0.3, -0.25) is 4.79 Å². The molecule has 1 aromatic rings. The highest BCUT2D eigenvalue weighted by Gasteiger charge is 2.11. The summed E-state index contributed by atoms with van der Waals surface area (Å²) in [6.07, 6.45) is -2.39. The van der Waals surface area contributed by atoms with Gasteiger partial charge in [-0.2, -0.15) is 0 Å². The molecule has 1 rings (SSSR count). The first-order valence-electron chi connectivity index (χ1n) is 5.84. The average Bonchev–Trinajstić information content (AvgIpc) is 2.36. The molecule has 0 saturated carbocycles. The monoisotopic (exact) mass is 335 g/mol. The molecule has 0 radical (unpaired) electrons. The standard InChI is InChI=1S/C13H16BrF2NO2/c1-17(8-10-4-2-3-5-11(10)14)13(18)6-7-19-9-12(15)16/h2-5,12H,6-9H2,1H3. The highest BCUT2D eigenvalue weighted by Crippen LogP contribution is 2.17. The smallest absolute Gasteiger partial charge is 0.261 e. The van der Waals surface area contributed by atoms with Crippen LogP contribution in [0, 0.1) is 0 Å². The van der Waals surface area contributed by atoms with Crippen molar-refractivity contribution >= 4 is 21.8 Å². The van der Waals surface area contributed by atoms with Crippen LogP contribution < -0.4 is 0 Å². The van der Waals surface area contributed by atoms with Gasteiger partial charge in [0.2, 0.25) is 5.91 Å². The number of hydrogen-bond donors (Lipinski definition) is 0. The molecule has 0 saturated heterocycles. The summed E-state index contributed by atoms with van der Waals surface area (Å²) in [6.45, 7) is -0.139. The van der Waals surface area contributed by atoms with Gasteiger partial charge >= 0.3 is 0 Å². The molecular weight excluding hydrogens is 320 g/mol. The quantitative estimate of drug-likeness (QED) is 0.716. The minimum Gasteiger partial charge on any atom is -0.375 e. The zero-order chi connectivity index (χ0) is 14.3. The molecule has 0 heterocycles. The summed E-state index contributed by atoms with van der Waals surface area (Å²) in [7, 11) is 1.68. The van der Waals surface area contributed by atoms with E-state index in [-0.39, 0.29) is 18.9 Å². The van der Waals surface area contributed by atoms with E-state index in [4.69, 9.17) is 0 Å². The highest BCUT2D eigenvalue weighted by atomic mass is 79.9. The molecule has 0 fully saturated rings. The van der Waals surface area contributed by atoms with Crippen LogP contribution in [0.1, 0.15) is 12.0 Å². The number of carbonyl (C=O) groups excluding carboxylic acids is 1. The lowest BCUT2D eigenvalue weighted by molar-refractivity contribution is -0.132. The van der Waals surface area contributed by atoms with E-state index in [1.807, 2.05) is 24.3 Å². The second-order valence-corrected chi connectivity index (χ2v) is 4.91. The fourth-order valence-electron chi connectivity index (χ4n) is 1.49. The Labute approximate surface area is 119 Å². The molecule has 0 spiro atoms. The van der Waals surface area contributed by atoms with Crippen LogP contribution in [-0.4, -0.2) is 37.5 Å². The van der Waals surface area contributed by atoms with Crippen LogP contribution in [0.4, 0.5) is 8.78 Å². The molecular formula is C13H16BrF2NO2. The lowest BCUT2D eigenvalue weighted by Crippen LogP contribution is -2.27. The SMILES string of the molecule is CN(Cc1ccccc1Br)C(=O)CCOCC(F)F. The predicted octanol–water partition coefficient (Wildman–Crippen LogP) is 3.08. The van der Waals surface area contributed by atoms with Crippen LogP contribution in [-0.2, 0) is 16.1 Å². The van der Waals surface area contributed by atoms with Gasteiger partial charge in [0.1, 0.15) is 6.61 Å². The zero-order valence-corrected chi connectivity index (χ0v) is 12.2. The molecule has 0 N–H and O–H groups in total. The molecule has 0 atom stereocenters. The minimum absolute atomic E-state index is 0.0173. The molecule has 0 aliphatic carbocycles. The largest absolute Gasteiger partial charge is 0.375 e. The van der Waals surface area contributed by atoms with Gasteiger partial charge < -0.3 is 9.64 Å². The van der Waals surface area contributed by atoms with Crippen molar-refractivity contribution in [1.82, 2.24) is 4.90 Å². The fraction of sp³-hybridized carbons (Fsp3) is 0.462. The molecule has 0 bridgehead atoms. The molecule has 0 unspecified atom stereocenters. The van der Waals surface area contributed by atoms with Crippen LogP contribution in [0.2, 0.25) is 0 Å². The van der Waals surface area contributed by atoms with Crippen molar-refractivity contribution in [3.05, 3.63) is 34.3 Å². The predicted molar refractivity (Wildman–Crippen MR) is 72.1 cm³/mol. The topological polar surface area (TPSA) is 29.5 Å². The lowest BCUT2D eigenvalue weighted by Gasteiger charge is -2.18. The molecule has 0 aliphatic heterocycles. The highest BCUT2D eigenvalue weighted by molar-refractivity contribution is 9.10. The molecule has 6 heteroatoms. The summed E-state index contributed by atoms with van der Waals surface area (Å²) in [5, 5.41) is 0. The molecule has 0 aromatic heterocycles. The lowest BCUT2D eigenvalue weighted by atomic mass is 10.2. The Balaban J connectivity index is 2.35. The first-order valence-corrected chi connectivity index (χ1v) is 6.63. The van der Waals surface area contributed by atoms with Crippen LogP contribution >= 0.6 is 15.9 Å². The van der Waals surface area contributed by atoms with Gasteiger partial charge in [-0.25, -0.2) is 8.78 Å². The number of rotatable bonds is 7. The maximum absolute atomic E-state index is 11.8. The average molecular weight is 336 g/mol. The second-order valence-electron chi connectivity index (χ2n) is 4.06. The Morgan fingerprint density at radius 2 is 2.11 bits per heavy atom. The van der Waals surface area contributed by atoms with Gasteiger partial charge in [-0.1, -0.05) is 34.1 Å². The third-order valence-corrected chi connectivity index (χ3v) is 3.27. The molecule has 106 valence electrons. The third kappa shape index (κ3) is 6.11. The number of hydrogen-bond acceptors (Lipinski definition) is 2. The van der Waals surface area contributed by atoms with Crippen molar-refractivity contribution < 1.29 is 18.3 Å². The number of ether oxygens (including phenoxy) is 1.